The molecule has 21 heavy (non-hydrogen) atoms. The van der Waals surface area contributed by atoms with E-state index in [0.29, 0.717) is 5.37 Å². The molecule has 1 aliphatic heterocycles. The topological polar surface area (TPSA) is 3.24 Å². The van der Waals surface area contributed by atoms with Gasteiger partial charge in [-0.2, -0.15) is 0 Å². The van der Waals surface area contributed by atoms with Crippen LogP contribution in [0.15, 0.2) is 36.4 Å². The molecule has 1 heterocycles. The van der Waals surface area contributed by atoms with Crippen molar-refractivity contribution in [1.82, 2.24) is 4.90 Å². The average molecular weight is 318 g/mol. The van der Waals surface area contributed by atoms with Gasteiger partial charge in [-0.25, -0.2) is 0 Å². The summed E-state index contributed by atoms with van der Waals surface area (Å²) in [7, 11) is 1.35. The molecule has 1 saturated heterocycles. The van der Waals surface area contributed by atoms with E-state index < -0.39 is 0 Å². The third-order valence-corrected chi connectivity index (χ3v) is 7.07. The van der Waals surface area contributed by atoms with Crippen molar-refractivity contribution < 1.29 is 0 Å². The Morgan fingerprint density at radius 3 is 2.81 bits per heavy atom. The minimum Gasteiger partial charge on any atom is -0.284 e. The Morgan fingerprint density at radius 2 is 2.00 bits per heavy atom. The number of hydrogen-bond donors (Lipinski definition) is 0. The molecule has 0 N–H and O–H groups in total. The van der Waals surface area contributed by atoms with Crippen LogP contribution in [0.5, 0.6) is 0 Å². The molecule has 0 amide bonds. The Hall–Kier alpha value is -0.513. The molecular formula is C18H27NSSi. The second-order valence-electron chi connectivity index (χ2n) is 6.28. The second kappa shape index (κ2) is 7.66. The van der Waals surface area contributed by atoms with Gasteiger partial charge in [0.25, 0.3) is 0 Å². The maximum absolute atomic E-state index is 2.81. The van der Waals surface area contributed by atoms with Crippen LogP contribution in [0, 0.1) is 0 Å². The van der Waals surface area contributed by atoms with Gasteiger partial charge in [0.2, 0.25) is 0 Å². The first-order valence-corrected chi connectivity index (χ1v) is 10.9. The summed E-state index contributed by atoms with van der Waals surface area (Å²) in [6, 6.07) is 13.0. The predicted octanol–water partition coefficient (Wildman–Crippen LogP) is 3.56. The molecule has 2 aliphatic rings. The maximum Gasteiger partial charge on any atom is 0.0753 e. The van der Waals surface area contributed by atoms with Crippen molar-refractivity contribution >= 4 is 28.1 Å². The van der Waals surface area contributed by atoms with Crippen LogP contribution in [0.3, 0.4) is 0 Å². The van der Waals surface area contributed by atoms with E-state index in [1.807, 2.05) is 0 Å². The van der Waals surface area contributed by atoms with Crippen LogP contribution >= 0.6 is 11.8 Å². The van der Waals surface area contributed by atoms with Gasteiger partial charge in [-0.15, -0.1) is 11.8 Å². The van der Waals surface area contributed by atoms with E-state index in [-0.39, 0.29) is 0 Å². The Balaban J connectivity index is 1.71. The zero-order valence-electron chi connectivity index (χ0n) is 13.1. The number of benzene rings is 1. The highest BCUT2D eigenvalue weighted by molar-refractivity contribution is 8.00. The van der Waals surface area contributed by atoms with E-state index in [1.54, 1.807) is 0 Å². The molecule has 3 unspecified atom stereocenters. The van der Waals surface area contributed by atoms with Crippen LogP contribution in [0.2, 0.25) is 6.04 Å². The highest BCUT2D eigenvalue weighted by atomic mass is 32.2. The smallest absolute Gasteiger partial charge is 0.0753 e. The molecule has 0 bridgehead atoms. The Morgan fingerprint density at radius 1 is 1.19 bits per heavy atom. The average Bonchev–Trinajstić information content (AvgIpc) is 2.89. The maximum atomic E-state index is 2.81. The molecule has 2 fully saturated rings. The number of nitrogens with zero attached hydrogens (tertiary/aromatic N) is 1. The Labute approximate surface area is 136 Å². The van der Waals surface area contributed by atoms with E-state index >= 15 is 0 Å². The number of fused-ring (bicyclic) bond motifs is 1. The lowest BCUT2D eigenvalue weighted by atomic mass is 9.93. The van der Waals surface area contributed by atoms with E-state index in [2.05, 4.69) is 59.1 Å². The second-order valence-corrected chi connectivity index (χ2v) is 8.64. The molecule has 3 heteroatoms. The van der Waals surface area contributed by atoms with Gasteiger partial charge in [0.15, 0.2) is 0 Å². The van der Waals surface area contributed by atoms with Crippen LogP contribution in [-0.4, -0.2) is 38.4 Å². The lowest BCUT2D eigenvalue weighted by Gasteiger charge is -2.32. The van der Waals surface area contributed by atoms with Gasteiger partial charge >= 0.3 is 0 Å². The summed E-state index contributed by atoms with van der Waals surface area (Å²) in [5.41, 5.74) is 1.33. The van der Waals surface area contributed by atoms with Crippen LogP contribution in [0.4, 0.5) is 0 Å². The minimum atomic E-state index is 0.603. The molecule has 0 spiro atoms. The molecular weight excluding hydrogens is 290 g/mol. The third-order valence-electron chi connectivity index (χ3n) is 4.76. The SMILES string of the molecule is [SiH3]CCCN1C(/C=C/c2ccccc2)SC2CCCCC21. The zero-order chi connectivity index (χ0) is 14.5. The summed E-state index contributed by atoms with van der Waals surface area (Å²) in [5.74, 6) is 0. The predicted molar refractivity (Wildman–Crippen MR) is 99.0 cm³/mol. The van der Waals surface area contributed by atoms with E-state index in [1.165, 1.54) is 60.5 Å². The molecule has 3 atom stereocenters. The van der Waals surface area contributed by atoms with Crippen molar-refractivity contribution in [2.24, 2.45) is 0 Å². The molecule has 114 valence electrons. The summed E-state index contributed by atoms with van der Waals surface area (Å²) in [5, 5.41) is 1.49. The van der Waals surface area contributed by atoms with Gasteiger partial charge in [0.1, 0.15) is 0 Å². The van der Waals surface area contributed by atoms with E-state index in [0.717, 1.165) is 11.3 Å². The van der Waals surface area contributed by atoms with E-state index in [4.69, 9.17) is 0 Å². The number of thioether (sulfide) groups is 1. The standard InChI is InChI=1S/C18H27NSSi/c21-14-6-13-19-16-9-4-5-10-17(16)20-18(19)12-11-15-7-2-1-3-8-15/h1-3,7-8,11-12,16-18H,4-6,9-10,13-14H2,21H3/b12-11+. The Bertz CT molecular complexity index is 462. The van der Waals surface area contributed by atoms with E-state index in [9.17, 15) is 0 Å². The molecule has 3 rings (SSSR count). The summed E-state index contributed by atoms with van der Waals surface area (Å²) in [4.78, 5) is 2.81. The van der Waals surface area contributed by atoms with Crippen molar-refractivity contribution in [3.8, 4) is 0 Å². The third kappa shape index (κ3) is 3.82. The van der Waals surface area contributed by atoms with Crippen molar-refractivity contribution in [2.75, 3.05) is 6.54 Å². The fraction of sp³-hybridized carbons (Fsp3) is 0.556. The van der Waals surface area contributed by atoms with Gasteiger partial charge in [-0.3, -0.25) is 4.90 Å². The molecule has 0 aromatic heterocycles. The number of hydrogen-bond acceptors (Lipinski definition) is 2. The van der Waals surface area contributed by atoms with Gasteiger partial charge in [-0.1, -0.05) is 61.4 Å². The summed E-state index contributed by atoms with van der Waals surface area (Å²) in [6.45, 7) is 1.31. The molecule has 0 radical (unpaired) electrons. The molecule has 1 saturated carbocycles. The lowest BCUT2D eigenvalue weighted by molar-refractivity contribution is 0.186. The molecule has 1 nitrogen and oxygen atoms in total. The monoisotopic (exact) mass is 317 g/mol. The van der Waals surface area contributed by atoms with Gasteiger partial charge in [0, 0.05) is 21.5 Å². The molecule has 1 aromatic carbocycles. The summed E-state index contributed by atoms with van der Waals surface area (Å²) in [6.07, 6.45) is 11.9. The normalized spacial score (nSPS) is 30.0. The first kappa shape index (κ1) is 15.4. The lowest BCUT2D eigenvalue weighted by Crippen LogP contribution is -2.40. The first-order valence-electron chi connectivity index (χ1n) is 8.53. The molecule has 1 aromatic rings. The van der Waals surface area contributed by atoms with Crippen molar-refractivity contribution in [1.29, 1.82) is 0 Å². The van der Waals surface area contributed by atoms with Gasteiger partial charge < -0.3 is 0 Å². The van der Waals surface area contributed by atoms with Gasteiger partial charge in [0.05, 0.1) is 5.37 Å². The Kier molecular flexibility index (Phi) is 5.61. The highest BCUT2D eigenvalue weighted by Crippen LogP contribution is 2.43. The highest BCUT2D eigenvalue weighted by Gasteiger charge is 2.40. The van der Waals surface area contributed by atoms with Crippen molar-refractivity contribution in [3.05, 3.63) is 42.0 Å². The fourth-order valence-corrected chi connectivity index (χ4v) is 5.65. The van der Waals surface area contributed by atoms with Crippen LogP contribution in [-0.2, 0) is 0 Å². The van der Waals surface area contributed by atoms with Crippen LogP contribution in [0.25, 0.3) is 6.08 Å². The van der Waals surface area contributed by atoms with Crippen LogP contribution in [0.1, 0.15) is 37.7 Å². The fourth-order valence-electron chi connectivity index (χ4n) is 3.61. The first-order chi connectivity index (χ1) is 10.4. The minimum absolute atomic E-state index is 0.603. The quantitative estimate of drug-likeness (QED) is 0.764. The largest absolute Gasteiger partial charge is 0.284 e. The number of rotatable bonds is 5. The van der Waals surface area contributed by atoms with Gasteiger partial charge in [-0.05, 0) is 31.4 Å². The molecule has 1 aliphatic carbocycles. The zero-order valence-corrected chi connectivity index (χ0v) is 15.9. The summed E-state index contributed by atoms with van der Waals surface area (Å²) >= 11 is 2.22. The van der Waals surface area contributed by atoms with Crippen molar-refractivity contribution in [3.63, 3.8) is 0 Å². The van der Waals surface area contributed by atoms with Crippen LogP contribution < -0.4 is 0 Å². The summed E-state index contributed by atoms with van der Waals surface area (Å²) < 4.78 is 0. The van der Waals surface area contributed by atoms with Crippen molar-refractivity contribution in [2.45, 2.75) is 54.8 Å².